The SMILES string of the molecule is Bc1c(B)c(B)c(-c2c(B)c(B)c(N(c3ccc4c(c3)C(C)(C)c3ccccc3-4)c3cccc4c3-c3c(-c5ccccc5)sc(-c5ccccc5)c3C4(C)C)c(B)c2B)c(B)c1B. The highest BCUT2D eigenvalue weighted by molar-refractivity contribution is 7.19. The van der Waals surface area contributed by atoms with Gasteiger partial charge >= 0.3 is 0 Å². The van der Waals surface area contributed by atoms with Crippen LogP contribution in [0.25, 0.3) is 54.3 Å². The van der Waals surface area contributed by atoms with Crippen LogP contribution >= 0.6 is 11.3 Å². The van der Waals surface area contributed by atoms with Crippen molar-refractivity contribution < 1.29 is 0 Å². The first-order valence-electron chi connectivity index (χ1n) is 22.7. The average Bonchev–Trinajstić information content (AvgIpc) is 3.89. The van der Waals surface area contributed by atoms with Crippen LogP contribution in [0.3, 0.4) is 0 Å². The number of anilines is 3. The summed E-state index contributed by atoms with van der Waals surface area (Å²) in [5.74, 6) is 0. The lowest BCUT2D eigenvalue weighted by Crippen LogP contribution is -2.57. The molecular formula is C52H50B9NS. The van der Waals surface area contributed by atoms with Crippen molar-refractivity contribution in [2.45, 2.75) is 38.5 Å². The van der Waals surface area contributed by atoms with Crippen LogP contribution in [0.4, 0.5) is 17.1 Å². The van der Waals surface area contributed by atoms with Crippen LogP contribution in [0.1, 0.15) is 49.9 Å². The highest BCUT2D eigenvalue weighted by Gasteiger charge is 2.44. The molecule has 0 saturated carbocycles. The van der Waals surface area contributed by atoms with Crippen molar-refractivity contribution >= 4 is 148 Å². The molecule has 0 unspecified atom stereocenters. The molecule has 63 heavy (non-hydrogen) atoms. The number of benzene rings is 7. The van der Waals surface area contributed by atoms with Crippen LogP contribution in [0.5, 0.6) is 0 Å². The van der Waals surface area contributed by atoms with Gasteiger partial charge in [-0.15, -0.1) is 27.7 Å². The number of rotatable bonds is 6. The maximum absolute atomic E-state index is 2.66. The molecule has 1 aromatic heterocycles. The molecule has 10 rings (SSSR count). The van der Waals surface area contributed by atoms with E-state index >= 15 is 0 Å². The summed E-state index contributed by atoms with van der Waals surface area (Å²) in [7, 11) is 21.1. The van der Waals surface area contributed by atoms with Gasteiger partial charge in [0.15, 0.2) is 0 Å². The fraction of sp³-hybridized carbons (Fsp3) is 0.115. The molecular weight excluding hydrogens is 768 g/mol. The van der Waals surface area contributed by atoms with Gasteiger partial charge in [-0.05, 0) is 73.8 Å². The third kappa shape index (κ3) is 5.94. The van der Waals surface area contributed by atoms with Crippen LogP contribution in [-0.2, 0) is 10.8 Å². The highest BCUT2D eigenvalue weighted by atomic mass is 32.1. The quantitative estimate of drug-likeness (QED) is 0.198. The number of thiophene rings is 1. The van der Waals surface area contributed by atoms with Gasteiger partial charge in [0, 0.05) is 43.1 Å². The van der Waals surface area contributed by atoms with E-state index in [1.807, 2.05) is 11.3 Å². The largest absolute Gasteiger partial charge is 0.311 e. The second-order valence-corrected chi connectivity index (χ2v) is 20.5. The van der Waals surface area contributed by atoms with Crippen molar-refractivity contribution in [2.75, 3.05) is 4.90 Å². The van der Waals surface area contributed by atoms with E-state index in [4.69, 9.17) is 0 Å². The maximum Gasteiger partial charge on any atom is 0.141 e. The fourth-order valence-electron chi connectivity index (χ4n) is 11.6. The van der Waals surface area contributed by atoms with E-state index < -0.39 is 0 Å². The molecule has 2 aliphatic rings. The predicted octanol–water partition coefficient (Wildman–Crippen LogP) is -0.843. The van der Waals surface area contributed by atoms with Gasteiger partial charge in [0.2, 0.25) is 0 Å². The molecule has 0 aliphatic heterocycles. The molecule has 0 fully saturated rings. The lowest BCUT2D eigenvalue weighted by Gasteiger charge is -2.35. The molecule has 7 aromatic carbocycles. The standard InChI is InChI=1S/C52H50B9NS/c1-51(2)30-19-12-11-18-28(30)29-23-22-27(24-32(29)51)62(48-46(60)41(55)37(42(56)47(48)61)36-39(53)43(57)45(59)44(58)40(36)54)33-21-13-20-31-34(33)35-38(52(31,3)4)50(26-16-9-6-10-17-26)63-49(35)25-14-7-5-8-15-25/h5-24H,53-61H2,1-4H3. The van der Waals surface area contributed by atoms with Gasteiger partial charge < -0.3 is 4.90 Å². The van der Waals surface area contributed by atoms with E-state index in [9.17, 15) is 0 Å². The summed E-state index contributed by atoms with van der Waals surface area (Å²) in [5, 5.41) is 0. The van der Waals surface area contributed by atoms with Crippen LogP contribution in [0, 0.1) is 0 Å². The first kappa shape index (κ1) is 41.6. The van der Waals surface area contributed by atoms with Crippen LogP contribution in [0.2, 0.25) is 0 Å². The van der Waals surface area contributed by atoms with Crippen LogP contribution < -0.4 is 54.1 Å². The van der Waals surface area contributed by atoms with E-state index in [0.717, 1.165) is 0 Å². The normalized spacial score (nSPS) is 13.9. The zero-order chi connectivity index (χ0) is 44.4. The minimum atomic E-state index is -0.237. The van der Waals surface area contributed by atoms with E-state index in [2.05, 4.69) is 225 Å². The van der Waals surface area contributed by atoms with Gasteiger partial charge in [-0.1, -0.05) is 164 Å². The smallest absolute Gasteiger partial charge is 0.141 e. The Kier molecular flexibility index (Phi) is 9.81. The van der Waals surface area contributed by atoms with Gasteiger partial charge in [-0.25, -0.2) is 0 Å². The zero-order valence-corrected chi connectivity index (χ0v) is 40.2. The fourth-order valence-corrected chi connectivity index (χ4v) is 13.1. The molecule has 1 heterocycles. The molecule has 1 nitrogen and oxygen atoms in total. The Morgan fingerprint density at radius 1 is 0.397 bits per heavy atom. The summed E-state index contributed by atoms with van der Waals surface area (Å²) < 4.78 is 0. The van der Waals surface area contributed by atoms with Crippen molar-refractivity contribution in [2.24, 2.45) is 0 Å². The second-order valence-electron chi connectivity index (χ2n) is 19.5. The van der Waals surface area contributed by atoms with Crippen LogP contribution in [0.15, 0.2) is 121 Å². The van der Waals surface area contributed by atoms with Gasteiger partial charge in [0.25, 0.3) is 0 Å². The Bertz CT molecular complexity index is 3170. The highest BCUT2D eigenvalue weighted by Crippen LogP contribution is 2.62. The van der Waals surface area contributed by atoms with Crippen molar-refractivity contribution in [3.8, 4) is 54.3 Å². The van der Waals surface area contributed by atoms with E-state index in [1.54, 1.807) is 0 Å². The van der Waals surface area contributed by atoms with Gasteiger partial charge in [0.1, 0.15) is 70.6 Å². The number of hydrogen-bond acceptors (Lipinski definition) is 2. The lowest BCUT2D eigenvalue weighted by molar-refractivity contribution is 0.660. The molecule has 11 heteroatoms. The molecule has 0 spiro atoms. The molecule has 8 aromatic rings. The Hall–Kier alpha value is -5.38. The number of fused-ring (bicyclic) bond motifs is 6. The summed E-state index contributed by atoms with van der Waals surface area (Å²) >= 11 is 1.95. The summed E-state index contributed by atoms with van der Waals surface area (Å²) in [6.45, 7) is 9.70. The van der Waals surface area contributed by atoms with Crippen molar-refractivity contribution in [1.29, 1.82) is 0 Å². The second kappa shape index (κ2) is 14.8. The third-order valence-electron chi connectivity index (χ3n) is 15.7. The maximum atomic E-state index is 2.66. The first-order chi connectivity index (χ1) is 30.1. The van der Waals surface area contributed by atoms with E-state index in [1.165, 1.54) is 143 Å². The van der Waals surface area contributed by atoms with Gasteiger partial charge in [-0.3, -0.25) is 0 Å². The minimum Gasteiger partial charge on any atom is -0.311 e. The minimum absolute atomic E-state index is 0.143. The van der Waals surface area contributed by atoms with Gasteiger partial charge in [0.05, 0.1) is 5.69 Å². The monoisotopic (exact) mass is 819 g/mol. The van der Waals surface area contributed by atoms with Crippen molar-refractivity contribution in [1.82, 2.24) is 0 Å². The molecule has 0 amide bonds. The summed E-state index contributed by atoms with van der Waals surface area (Å²) in [6, 6.07) is 45.6. The molecule has 0 atom stereocenters. The Balaban J connectivity index is 1.31. The summed E-state index contributed by atoms with van der Waals surface area (Å²) in [6.07, 6.45) is 0. The van der Waals surface area contributed by atoms with Crippen molar-refractivity contribution in [3.63, 3.8) is 0 Å². The van der Waals surface area contributed by atoms with Gasteiger partial charge in [-0.2, -0.15) is 0 Å². The Morgan fingerprint density at radius 2 is 0.889 bits per heavy atom. The third-order valence-corrected chi connectivity index (χ3v) is 17.0. The Morgan fingerprint density at radius 3 is 1.49 bits per heavy atom. The molecule has 0 radical (unpaired) electrons. The average molecular weight is 818 g/mol. The van der Waals surface area contributed by atoms with Crippen LogP contribution in [-0.4, -0.2) is 70.6 Å². The number of hydrogen-bond donors (Lipinski definition) is 0. The zero-order valence-electron chi connectivity index (χ0n) is 39.4. The van der Waals surface area contributed by atoms with Crippen molar-refractivity contribution in [3.05, 3.63) is 144 Å². The Labute approximate surface area is 387 Å². The molecule has 0 N–H and O–H groups in total. The number of nitrogens with zero attached hydrogens (tertiary/aromatic N) is 1. The molecule has 0 saturated heterocycles. The lowest BCUT2D eigenvalue weighted by atomic mass is 9.56. The molecule has 0 bridgehead atoms. The van der Waals surface area contributed by atoms with E-state index in [0.29, 0.717) is 0 Å². The molecule has 296 valence electrons. The van der Waals surface area contributed by atoms with E-state index in [-0.39, 0.29) is 10.8 Å². The topological polar surface area (TPSA) is 3.24 Å². The predicted molar refractivity (Wildman–Crippen MR) is 304 cm³/mol. The molecule has 2 aliphatic carbocycles. The summed E-state index contributed by atoms with van der Waals surface area (Å²) in [5.41, 5.74) is 31.9. The first-order valence-corrected chi connectivity index (χ1v) is 23.5. The summed E-state index contributed by atoms with van der Waals surface area (Å²) in [4.78, 5) is 5.36.